The summed E-state index contributed by atoms with van der Waals surface area (Å²) in [7, 11) is 1.62. The van der Waals surface area contributed by atoms with Crippen molar-refractivity contribution in [2.24, 2.45) is 0 Å². The van der Waals surface area contributed by atoms with Crippen molar-refractivity contribution in [2.45, 2.75) is 25.9 Å². The van der Waals surface area contributed by atoms with Gasteiger partial charge in [0.25, 0.3) is 0 Å². The largest absolute Gasteiger partial charge is 0.497 e. The fourth-order valence-electron chi connectivity index (χ4n) is 2.74. The summed E-state index contributed by atoms with van der Waals surface area (Å²) in [5.41, 5.74) is 2.41. The number of carbonyl (C=O) groups excluding carboxylic acids is 1. The zero-order chi connectivity index (χ0) is 18.4. The van der Waals surface area contributed by atoms with Gasteiger partial charge in [0.2, 0.25) is 0 Å². The zero-order valence-electron chi connectivity index (χ0n) is 14.8. The van der Waals surface area contributed by atoms with E-state index < -0.39 is 0 Å². The van der Waals surface area contributed by atoms with Gasteiger partial charge in [-0.3, -0.25) is 4.79 Å². The SMILES string of the molecule is CCC(C(=O)OCc1cc(-c2ccc(OC)cc2)on1)c1ccccc1. The minimum Gasteiger partial charge on any atom is -0.497 e. The Morgan fingerprint density at radius 1 is 1.12 bits per heavy atom. The number of aromatic nitrogens is 1. The molecule has 0 spiro atoms. The second-order valence-electron chi connectivity index (χ2n) is 5.89. The van der Waals surface area contributed by atoms with Crippen molar-refractivity contribution in [1.29, 1.82) is 0 Å². The number of rotatable bonds is 7. The molecule has 0 aliphatic carbocycles. The molecule has 134 valence electrons. The fraction of sp³-hybridized carbons (Fsp3) is 0.238. The Morgan fingerprint density at radius 3 is 2.50 bits per heavy atom. The summed E-state index contributed by atoms with van der Waals surface area (Å²) >= 11 is 0. The van der Waals surface area contributed by atoms with Crippen LogP contribution < -0.4 is 4.74 Å². The van der Waals surface area contributed by atoms with Gasteiger partial charge < -0.3 is 14.0 Å². The molecular formula is C21H21NO4. The molecule has 26 heavy (non-hydrogen) atoms. The average Bonchev–Trinajstić information content (AvgIpc) is 3.17. The quantitative estimate of drug-likeness (QED) is 0.583. The van der Waals surface area contributed by atoms with Crippen molar-refractivity contribution in [3.8, 4) is 17.1 Å². The standard InChI is InChI=1S/C21H21NO4/c1-3-19(15-7-5-4-6-8-15)21(23)25-14-17-13-20(26-22-17)16-9-11-18(24-2)12-10-16/h4-13,19H,3,14H2,1-2H3. The third-order valence-electron chi connectivity index (χ3n) is 4.19. The number of carbonyl (C=O) groups is 1. The Kier molecular flexibility index (Phi) is 5.69. The highest BCUT2D eigenvalue weighted by Gasteiger charge is 2.20. The molecule has 3 rings (SSSR count). The van der Waals surface area contributed by atoms with Gasteiger partial charge >= 0.3 is 5.97 Å². The highest BCUT2D eigenvalue weighted by molar-refractivity contribution is 5.78. The van der Waals surface area contributed by atoms with Crippen LogP contribution in [0.5, 0.6) is 5.75 Å². The molecule has 0 bridgehead atoms. The zero-order valence-corrected chi connectivity index (χ0v) is 14.8. The van der Waals surface area contributed by atoms with Crippen LogP contribution in [0.1, 0.15) is 30.5 Å². The Morgan fingerprint density at radius 2 is 1.85 bits per heavy atom. The van der Waals surface area contributed by atoms with E-state index in [0.29, 0.717) is 17.9 Å². The van der Waals surface area contributed by atoms with E-state index in [1.54, 1.807) is 13.2 Å². The van der Waals surface area contributed by atoms with E-state index in [1.165, 1.54) is 0 Å². The van der Waals surface area contributed by atoms with Gasteiger partial charge in [0.1, 0.15) is 18.1 Å². The van der Waals surface area contributed by atoms with Crippen molar-refractivity contribution in [2.75, 3.05) is 7.11 Å². The molecule has 2 aromatic carbocycles. The molecule has 3 aromatic rings. The number of esters is 1. The Balaban J connectivity index is 1.63. The molecule has 5 heteroatoms. The Bertz CT molecular complexity index is 840. The van der Waals surface area contributed by atoms with E-state index in [9.17, 15) is 4.79 Å². The van der Waals surface area contributed by atoms with E-state index in [-0.39, 0.29) is 18.5 Å². The molecule has 0 fully saturated rings. The first-order valence-corrected chi connectivity index (χ1v) is 8.53. The van der Waals surface area contributed by atoms with Gasteiger partial charge in [-0.2, -0.15) is 0 Å². The van der Waals surface area contributed by atoms with Crippen LogP contribution >= 0.6 is 0 Å². The van der Waals surface area contributed by atoms with Crippen molar-refractivity contribution < 1.29 is 18.8 Å². The van der Waals surface area contributed by atoms with Crippen molar-refractivity contribution >= 4 is 5.97 Å². The first-order valence-electron chi connectivity index (χ1n) is 8.53. The van der Waals surface area contributed by atoms with E-state index >= 15 is 0 Å². The average molecular weight is 351 g/mol. The molecule has 0 saturated heterocycles. The van der Waals surface area contributed by atoms with Gasteiger partial charge in [-0.25, -0.2) is 0 Å². The smallest absolute Gasteiger partial charge is 0.313 e. The maximum atomic E-state index is 12.4. The molecule has 0 aliphatic rings. The second kappa shape index (κ2) is 8.34. The molecule has 0 radical (unpaired) electrons. The molecule has 0 saturated carbocycles. The molecule has 5 nitrogen and oxygen atoms in total. The Labute approximate surface area is 152 Å². The van der Waals surface area contributed by atoms with Crippen molar-refractivity contribution in [3.05, 3.63) is 71.9 Å². The minimum absolute atomic E-state index is 0.0851. The molecule has 0 amide bonds. The van der Waals surface area contributed by atoms with Crippen LogP contribution in [0.4, 0.5) is 0 Å². The summed E-state index contributed by atoms with van der Waals surface area (Å²) in [6.45, 7) is 2.05. The van der Waals surface area contributed by atoms with Crippen LogP contribution in [0.15, 0.2) is 65.2 Å². The lowest BCUT2D eigenvalue weighted by molar-refractivity contribution is -0.147. The lowest BCUT2D eigenvalue weighted by Gasteiger charge is -2.13. The van der Waals surface area contributed by atoms with Crippen LogP contribution in [0.3, 0.4) is 0 Å². The predicted octanol–water partition coefficient (Wildman–Crippen LogP) is 4.59. The number of ether oxygens (including phenoxy) is 2. The fourth-order valence-corrected chi connectivity index (χ4v) is 2.74. The van der Waals surface area contributed by atoms with Crippen LogP contribution in [-0.4, -0.2) is 18.2 Å². The molecule has 1 atom stereocenters. The summed E-state index contributed by atoms with van der Waals surface area (Å²) in [5.74, 6) is 0.861. The molecular weight excluding hydrogens is 330 g/mol. The highest BCUT2D eigenvalue weighted by atomic mass is 16.5. The summed E-state index contributed by atoms with van der Waals surface area (Å²) in [5, 5.41) is 3.98. The topological polar surface area (TPSA) is 61.6 Å². The number of hydrogen-bond acceptors (Lipinski definition) is 5. The van der Waals surface area contributed by atoms with Gasteiger partial charge in [-0.1, -0.05) is 42.4 Å². The summed E-state index contributed by atoms with van der Waals surface area (Å²) in [4.78, 5) is 12.4. The molecule has 1 aromatic heterocycles. The molecule has 0 aliphatic heterocycles. The van der Waals surface area contributed by atoms with Gasteiger partial charge in [0.05, 0.1) is 13.0 Å². The van der Waals surface area contributed by atoms with Crippen molar-refractivity contribution in [3.63, 3.8) is 0 Å². The summed E-state index contributed by atoms with van der Waals surface area (Å²) in [6.07, 6.45) is 0.679. The van der Waals surface area contributed by atoms with Crippen LogP contribution in [0.2, 0.25) is 0 Å². The van der Waals surface area contributed by atoms with Crippen LogP contribution in [-0.2, 0) is 16.1 Å². The van der Waals surface area contributed by atoms with Gasteiger partial charge in [0.15, 0.2) is 5.76 Å². The number of hydrogen-bond donors (Lipinski definition) is 0. The maximum absolute atomic E-state index is 12.4. The van der Waals surface area contributed by atoms with Crippen LogP contribution in [0.25, 0.3) is 11.3 Å². The molecule has 1 unspecified atom stereocenters. The van der Waals surface area contributed by atoms with E-state index in [1.807, 2.05) is 61.5 Å². The lowest BCUT2D eigenvalue weighted by Crippen LogP contribution is -2.15. The first kappa shape index (κ1) is 17.7. The summed E-state index contributed by atoms with van der Waals surface area (Å²) in [6, 6.07) is 18.9. The Hall–Kier alpha value is -3.08. The number of nitrogens with zero attached hydrogens (tertiary/aromatic N) is 1. The van der Waals surface area contributed by atoms with E-state index in [0.717, 1.165) is 16.9 Å². The number of methoxy groups -OCH3 is 1. The van der Waals surface area contributed by atoms with Crippen molar-refractivity contribution in [1.82, 2.24) is 5.16 Å². The van der Waals surface area contributed by atoms with Crippen LogP contribution in [0, 0.1) is 0 Å². The highest BCUT2D eigenvalue weighted by Crippen LogP contribution is 2.24. The minimum atomic E-state index is -0.274. The first-order chi connectivity index (χ1) is 12.7. The maximum Gasteiger partial charge on any atom is 0.313 e. The molecule has 0 N–H and O–H groups in total. The predicted molar refractivity (Wildman–Crippen MR) is 97.8 cm³/mol. The van der Waals surface area contributed by atoms with Gasteiger partial charge in [-0.05, 0) is 36.2 Å². The third-order valence-corrected chi connectivity index (χ3v) is 4.19. The second-order valence-corrected chi connectivity index (χ2v) is 5.89. The number of benzene rings is 2. The van der Waals surface area contributed by atoms with E-state index in [2.05, 4.69) is 5.16 Å². The monoisotopic (exact) mass is 351 g/mol. The normalized spacial score (nSPS) is 11.8. The molecule has 1 heterocycles. The van der Waals surface area contributed by atoms with Gasteiger partial charge in [-0.15, -0.1) is 0 Å². The lowest BCUT2D eigenvalue weighted by atomic mass is 9.97. The third kappa shape index (κ3) is 4.11. The van der Waals surface area contributed by atoms with E-state index in [4.69, 9.17) is 14.0 Å². The van der Waals surface area contributed by atoms with Gasteiger partial charge in [0, 0.05) is 11.6 Å². The summed E-state index contributed by atoms with van der Waals surface area (Å²) < 4.78 is 15.9.